The number of rotatable bonds is 7. The summed E-state index contributed by atoms with van der Waals surface area (Å²) in [6.07, 6.45) is 0.960. The summed E-state index contributed by atoms with van der Waals surface area (Å²) in [5, 5.41) is 1.30. The summed E-state index contributed by atoms with van der Waals surface area (Å²) in [4.78, 5) is 0. The van der Waals surface area contributed by atoms with Gasteiger partial charge in [-0.15, -0.1) is 0 Å². The molecule has 98 valence electrons. The van der Waals surface area contributed by atoms with Crippen molar-refractivity contribution in [2.24, 2.45) is 0 Å². The smallest absolute Gasteiger partial charge is 0.0645 e. The minimum atomic E-state index is 0.753. The highest BCUT2D eigenvalue weighted by Crippen LogP contribution is 2.18. The van der Waals surface area contributed by atoms with Crippen molar-refractivity contribution in [3.8, 4) is 0 Å². The number of aryl methyl sites for hydroxylation is 1. The Balaban J connectivity index is 1.89. The summed E-state index contributed by atoms with van der Waals surface area (Å²) < 4.78 is 12.9. The minimum Gasteiger partial charge on any atom is -0.385 e. The summed E-state index contributed by atoms with van der Waals surface area (Å²) >= 11 is 0. The number of ether oxygens (including phenoxy) is 2. The Bertz CT molecular complexity index is 490. The molecule has 0 aliphatic rings. The molecule has 0 spiro atoms. The summed E-state index contributed by atoms with van der Waals surface area (Å²) in [6.45, 7) is 5.35. The number of methoxy groups -OCH3 is 1. The fourth-order valence-electron chi connectivity index (χ4n) is 2.21. The van der Waals surface area contributed by atoms with Gasteiger partial charge >= 0.3 is 0 Å². The lowest BCUT2D eigenvalue weighted by molar-refractivity contribution is 0.0980. The van der Waals surface area contributed by atoms with Crippen LogP contribution in [0, 0.1) is 6.92 Å². The molecule has 0 fully saturated rings. The minimum absolute atomic E-state index is 0.753. The molecule has 0 bridgehead atoms. The highest BCUT2D eigenvalue weighted by molar-refractivity contribution is 5.81. The summed E-state index contributed by atoms with van der Waals surface area (Å²) in [7, 11) is 1.72. The zero-order chi connectivity index (χ0) is 12.8. The van der Waals surface area contributed by atoms with E-state index in [0.717, 1.165) is 32.8 Å². The zero-order valence-electron chi connectivity index (χ0n) is 11.2. The monoisotopic (exact) mass is 247 g/mol. The van der Waals surface area contributed by atoms with Crippen LogP contribution in [-0.4, -0.2) is 31.5 Å². The van der Waals surface area contributed by atoms with Crippen LogP contribution in [0.5, 0.6) is 0 Å². The van der Waals surface area contributed by atoms with Crippen molar-refractivity contribution in [2.45, 2.75) is 19.9 Å². The highest BCUT2D eigenvalue weighted by atomic mass is 16.5. The van der Waals surface area contributed by atoms with E-state index in [1.54, 1.807) is 7.11 Å². The SMILES string of the molecule is COCCCOCCn1c(C)cc2ccccc21. The van der Waals surface area contributed by atoms with Crippen molar-refractivity contribution in [3.63, 3.8) is 0 Å². The Labute approximate surface area is 108 Å². The molecule has 1 aromatic carbocycles. The van der Waals surface area contributed by atoms with Gasteiger partial charge in [-0.2, -0.15) is 0 Å². The van der Waals surface area contributed by atoms with E-state index in [9.17, 15) is 0 Å². The van der Waals surface area contributed by atoms with E-state index in [0.29, 0.717) is 0 Å². The van der Waals surface area contributed by atoms with Crippen molar-refractivity contribution >= 4 is 10.9 Å². The largest absolute Gasteiger partial charge is 0.385 e. The second-order valence-electron chi connectivity index (χ2n) is 4.45. The molecule has 0 amide bonds. The van der Waals surface area contributed by atoms with Crippen LogP contribution in [0.1, 0.15) is 12.1 Å². The number of aromatic nitrogens is 1. The van der Waals surface area contributed by atoms with Crippen LogP contribution < -0.4 is 0 Å². The Morgan fingerprint density at radius 3 is 2.78 bits per heavy atom. The number of fused-ring (bicyclic) bond motifs is 1. The van der Waals surface area contributed by atoms with Crippen molar-refractivity contribution in [3.05, 3.63) is 36.0 Å². The lowest BCUT2D eigenvalue weighted by atomic mass is 10.2. The zero-order valence-corrected chi connectivity index (χ0v) is 11.2. The predicted octanol–water partition coefficient (Wildman–Crippen LogP) is 3.00. The third-order valence-corrected chi connectivity index (χ3v) is 3.11. The van der Waals surface area contributed by atoms with Crippen LogP contribution >= 0.6 is 0 Å². The summed E-state index contributed by atoms with van der Waals surface area (Å²) in [5.74, 6) is 0. The van der Waals surface area contributed by atoms with Gasteiger partial charge in [0.15, 0.2) is 0 Å². The van der Waals surface area contributed by atoms with Crippen LogP contribution in [0.2, 0.25) is 0 Å². The molecular formula is C15H21NO2. The molecule has 0 N–H and O–H groups in total. The summed E-state index contributed by atoms with van der Waals surface area (Å²) in [6, 6.07) is 10.7. The molecule has 2 aromatic rings. The molecule has 0 radical (unpaired) electrons. The molecule has 0 unspecified atom stereocenters. The highest BCUT2D eigenvalue weighted by Gasteiger charge is 2.04. The van der Waals surface area contributed by atoms with E-state index < -0.39 is 0 Å². The Hall–Kier alpha value is -1.32. The fourth-order valence-corrected chi connectivity index (χ4v) is 2.21. The Morgan fingerprint density at radius 2 is 1.94 bits per heavy atom. The molecule has 0 saturated carbocycles. The average molecular weight is 247 g/mol. The van der Waals surface area contributed by atoms with Crippen LogP contribution in [0.3, 0.4) is 0 Å². The quantitative estimate of drug-likeness (QED) is 0.702. The molecular weight excluding hydrogens is 226 g/mol. The maximum Gasteiger partial charge on any atom is 0.0645 e. The van der Waals surface area contributed by atoms with Crippen molar-refractivity contribution in [1.29, 1.82) is 0 Å². The second-order valence-corrected chi connectivity index (χ2v) is 4.45. The van der Waals surface area contributed by atoms with Gasteiger partial charge in [-0.05, 0) is 30.9 Å². The molecule has 0 aliphatic heterocycles. The molecule has 2 rings (SSSR count). The van der Waals surface area contributed by atoms with Gasteiger partial charge < -0.3 is 14.0 Å². The van der Waals surface area contributed by atoms with Gasteiger partial charge in [-0.1, -0.05) is 18.2 Å². The number of para-hydroxylation sites is 1. The van der Waals surface area contributed by atoms with Gasteiger partial charge in [0, 0.05) is 38.1 Å². The Kier molecular flexibility index (Phi) is 4.79. The van der Waals surface area contributed by atoms with Crippen LogP contribution in [0.15, 0.2) is 30.3 Å². The first-order valence-electron chi connectivity index (χ1n) is 6.44. The molecule has 0 saturated heterocycles. The normalized spacial score (nSPS) is 11.2. The lowest BCUT2D eigenvalue weighted by Crippen LogP contribution is -2.08. The van der Waals surface area contributed by atoms with Crippen molar-refractivity contribution < 1.29 is 9.47 Å². The molecule has 1 aromatic heterocycles. The molecule has 1 heterocycles. The third kappa shape index (κ3) is 3.12. The van der Waals surface area contributed by atoms with E-state index >= 15 is 0 Å². The van der Waals surface area contributed by atoms with E-state index in [4.69, 9.17) is 9.47 Å². The van der Waals surface area contributed by atoms with Gasteiger partial charge in [0.05, 0.1) is 6.61 Å². The van der Waals surface area contributed by atoms with Gasteiger partial charge in [0.25, 0.3) is 0 Å². The van der Waals surface area contributed by atoms with Gasteiger partial charge in [0.2, 0.25) is 0 Å². The molecule has 18 heavy (non-hydrogen) atoms. The molecule has 0 aliphatic carbocycles. The number of benzene rings is 1. The van der Waals surface area contributed by atoms with E-state index in [-0.39, 0.29) is 0 Å². The predicted molar refractivity (Wildman–Crippen MR) is 74.0 cm³/mol. The average Bonchev–Trinajstić information content (AvgIpc) is 2.70. The molecule has 0 atom stereocenters. The van der Waals surface area contributed by atoms with Crippen LogP contribution in [-0.2, 0) is 16.0 Å². The van der Waals surface area contributed by atoms with E-state index in [1.807, 2.05) is 0 Å². The maximum atomic E-state index is 5.61. The number of nitrogens with zero attached hydrogens (tertiary/aromatic N) is 1. The number of hydrogen-bond donors (Lipinski definition) is 0. The fraction of sp³-hybridized carbons (Fsp3) is 0.467. The molecule has 3 heteroatoms. The lowest BCUT2D eigenvalue weighted by Gasteiger charge is -2.09. The van der Waals surface area contributed by atoms with Gasteiger partial charge in [-0.3, -0.25) is 0 Å². The van der Waals surface area contributed by atoms with Gasteiger partial charge in [0.1, 0.15) is 0 Å². The van der Waals surface area contributed by atoms with Crippen LogP contribution in [0.25, 0.3) is 10.9 Å². The Morgan fingerprint density at radius 1 is 1.11 bits per heavy atom. The third-order valence-electron chi connectivity index (χ3n) is 3.11. The summed E-state index contributed by atoms with van der Waals surface area (Å²) in [5.41, 5.74) is 2.58. The van der Waals surface area contributed by atoms with Gasteiger partial charge in [-0.25, -0.2) is 0 Å². The van der Waals surface area contributed by atoms with Crippen molar-refractivity contribution in [1.82, 2.24) is 4.57 Å². The van der Waals surface area contributed by atoms with E-state index in [2.05, 4.69) is 41.8 Å². The van der Waals surface area contributed by atoms with Crippen molar-refractivity contribution in [2.75, 3.05) is 26.9 Å². The second kappa shape index (κ2) is 6.57. The van der Waals surface area contributed by atoms with E-state index in [1.165, 1.54) is 16.6 Å². The first kappa shape index (κ1) is 13.1. The molecule has 3 nitrogen and oxygen atoms in total. The van der Waals surface area contributed by atoms with Crippen LogP contribution in [0.4, 0.5) is 0 Å². The maximum absolute atomic E-state index is 5.61. The first-order chi connectivity index (χ1) is 8.83. The first-order valence-corrected chi connectivity index (χ1v) is 6.44. The number of hydrogen-bond acceptors (Lipinski definition) is 2. The topological polar surface area (TPSA) is 23.4 Å². The standard InChI is InChI=1S/C15H21NO2/c1-13-12-14-6-3-4-7-15(14)16(13)8-11-18-10-5-9-17-2/h3-4,6-7,12H,5,8-11H2,1-2H3.